The van der Waals surface area contributed by atoms with Crippen LogP contribution < -0.4 is 0 Å². The summed E-state index contributed by atoms with van der Waals surface area (Å²) in [6.45, 7) is 16.3. The first-order valence-electron chi connectivity index (χ1n) is 11.0. The lowest BCUT2D eigenvalue weighted by molar-refractivity contribution is -0.114. The average Bonchev–Trinajstić information content (AvgIpc) is 2.71. The van der Waals surface area contributed by atoms with Gasteiger partial charge in [-0.1, -0.05) is 55.8 Å². The molecule has 1 atom stereocenters. The number of hydrogen-bond donors (Lipinski definition) is 0. The van der Waals surface area contributed by atoms with Gasteiger partial charge in [0.2, 0.25) is 0 Å². The zero-order valence-electron chi connectivity index (χ0n) is 18.8. The van der Waals surface area contributed by atoms with E-state index < -0.39 is 0 Å². The predicted molar refractivity (Wildman–Crippen MR) is 129 cm³/mol. The van der Waals surface area contributed by atoms with Gasteiger partial charge in [-0.2, -0.15) is 0 Å². The molecular formula is C26H38ClNO. The number of hydrogen-bond acceptors (Lipinski definition) is 2. The van der Waals surface area contributed by atoms with Gasteiger partial charge in [0.05, 0.1) is 10.7 Å². The van der Waals surface area contributed by atoms with E-state index >= 15 is 0 Å². The fourth-order valence-electron chi connectivity index (χ4n) is 3.80. The quantitative estimate of drug-likeness (QED) is 0.233. The maximum atomic E-state index is 11.6. The average molecular weight is 416 g/mol. The summed E-state index contributed by atoms with van der Waals surface area (Å²) in [5, 5.41) is 0.785. The van der Waals surface area contributed by atoms with Crippen LogP contribution in [0.25, 0.3) is 0 Å². The summed E-state index contributed by atoms with van der Waals surface area (Å²) in [5.41, 5.74) is 6.21. The van der Waals surface area contributed by atoms with Crippen LogP contribution in [-0.2, 0) is 4.79 Å². The van der Waals surface area contributed by atoms with Crippen molar-refractivity contribution in [2.45, 2.75) is 85.5 Å². The Balaban J connectivity index is 2.87. The summed E-state index contributed by atoms with van der Waals surface area (Å²) >= 11 is 6.57. The second-order valence-corrected chi connectivity index (χ2v) is 8.33. The van der Waals surface area contributed by atoms with Crippen molar-refractivity contribution < 1.29 is 4.79 Å². The number of allylic oxidation sites excluding steroid dienone is 8. The Kier molecular flexibility index (Phi) is 11.8. The van der Waals surface area contributed by atoms with Crippen molar-refractivity contribution in [1.82, 2.24) is 0 Å². The molecule has 0 fully saturated rings. The number of carbonyl (C=O) groups is 1. The molecule has 0 aromatic rings. The van der Waals surface area contributed by atoms with Gasteiger partial charge in [0, 0.05) is 12.1 Å². The molecule has 0 saturated heterocycles. The summed E-state index contributed by atoms with van der Waals surface area (Å²) in [7, 11) is 0. The van der Waals surface area contributed by atoms with Crippen LogP contribution in [0.1, 0.15) is 85.5 Å². The Hall–Kier alpha value is -1.67. The second-order valence-electron chi connectivity index (χ2n) is 7.92. The van der Waals surface area contributed by atoms with Crippen LogP contribution in [0.4, 0.5) is 0 Å². The van der Waals surface area contributed by atoms with Crippen molar-refractivity contribution in [3.05, 3.63) is 58.8 Å². The molecule has 0 N–H and O–H groups in total. The van der Waals surface area contributed by atoms with Crippen molar-refractivity contribution in [2.24, 2.45) is 10.9 Å². The largest absolute Gasteiger partial charge is 0.295 e. The Bertz CT molecular complexity index is 721. The third-order valence-electron chi connectivity index (χ3n) is 5.74. The molecule has 1 aliphatic heterocycles. The van der Waals surface area contributed by atoms with Crippen LogP contribution in [-0.4, -0.2) is 11.5 Å². The highest BCUT2D eigenvalue weighted by Crippen LogP contribution is 2.29. The van der Waals surface area contributed by atoms with E-state index in [1.54, 1.807) is 0 Å². The molecule has 1 unspecified atom stereocenters. The molecule has 0 spiro atoms. The van der Waals surface area contributed by atoms with Crippen LogP contribution in [0, 0.1) is 5.92 Å². The van der Waals surface area contributed by atoms with E-state index in [1.165, 1.54) is 28.5 Å². The van der Waals surface area contributed by atoms with Crippen molar-refractivity contribution in [2.75, 3.05) is 0 Å². The van der Waals surface area contributed by atoms with Gasteiger partial charge < -0.3 is 0 Å². The molecule has 0 aromatic carbocycles. The van der Waals surface area contributed by atoms with Gasteiger partial charge in [-0.05, 0) is 88.9 Å². The zero-order chi connectivity index (χ0) is 21.8. The highest BCUT2D eigenvalue weighted by Gasteiger charge is 2.15. The number of rotatable bonds is 12. The topological polar surface area (TPSA) is 29.4 Å². The molecule has 1 rings (SSSR count). The van der Waals surface area contributed by atoms with Crippen molar-refractivity contribution in [1.29, 1.82) is 0 Å². The van der Waals surface area contributed by atoms with E-state index in [9.17, 15) is 4.79 Å². The lowest BCUT2D eigenvalue weighted by Gasteiger charge is -2.19. The van der Waals surface area contributed by atoms with Gasteiger partial charge in [-0.3, -0.25) is 9.79 Å². The smallest absolute Gasteiger partial charge is 0.155 e. The lowest BCUT2D eigenvalue weighted by Crippen LogP contribution is -2.07. The first kappa shape index (κ1) is 25.4. The summed E-state index contributed by atoms with van der Waals surface area (Å²) in [4.78, 5) is 16.5. The van der Waals surface area contributed by atoms with Gasteiger partial charge in [-0.15, -0.1) is 0 Å². The van der Waals surface area contributed by atoms with Crippen LogP contribution in [0.3, 0.4) is 0 Å². The SMILES string of the molecule is C=CC(=O)CCC(CC)C(C=C)=C(C)CCCC1=C(Cl)C=C(C)CCC(CC)=N1. The van der Waals surface area contributed by atoms with Crippen LogP contribution >= 0.6 is 11.6 Å². The standard InChI is InChI=1S/C26H38ClNO/c1-7-21(15-17-23(29)9-3)24(10-4)20(6)12-11-13-26-25(27)18-19(5)14-16-22(8-2)28-26/h9-10,18,21H,3-4,7-8,11-17H2,1-2,5-6H3. The van der Waals surface area contributed by atoms with Crippen molar-refractivity contribution in [3.8, 4) is 0 Å². The van der Waals surface area contributed by atoms with Gasteiger partial charge in [-0.25, -0.2) is 0 Å². The number of nitrogens with zero attached hydrogens (tertiary/aromatic N) is 1. The lowest BCUT2D eigenvalue weighted by atomic mass is 9.86. The highest BCUT2D eigenvalue weighted by atomic mass is 35.5. The maximum absolute atomic E-state index is 11.6. The summed E-state index contributed by atoms with van der Waals surface area (Å²) in [5.74, 6) is 0.485. The number of aliphatic imine (C=N–C) groups is 1. The van der Waals surface area contributed by atoms with E-state index in [1.807, 2.05) is 6.08 Å². The number of halogens is 1. The second kappa shape index (κ2) is 13.5. The first-order chi connectivity index (χ1) is 13.9. The van der Waals surface area contributed by atoms with Crippen LogP contribution in [0.15, 0.2) is 63.8 Å². The predicted octanol–water partition coefficient (Wildman–Crippen LogP) is 8.26. The van der Waals surface area contributed by atoms with Gasteiger partial charge >= 0.3 is 0 Å². The Morgan fingerprint density at radius 3 is 2.55 bits per heavy atom. The van der Waals surface area contributed by atoms with E-state index in [0.717, 1.165) is 62.1 Å². The van der Waals surface area contributed by atoms with Gasteiger partial charge in [0.15, 0.2) is 5.78 Å². The van der Waals surface area contributed by atoms with Gasteiger partial charge in [0.25, 0.3) is 0 Å². The third kappa shape index (κ3) is 8.70. The first-order valence-corrected chi connectivity index (χ1v) is 11.3. The monoisotopic (exact) mass is 415 g/mol. The number of carbonyl (C=O) groups excluding carboxylic acids is 1. The van der Waals surface area contributed by atoms with Gasteiger partial charge in [0.1, 0.15) is 0 Å². The molecule has 3 heteroatoms. The fourth-order valence-corrected chi connectivity index (χ4v) is 4.12. The summed E-state index contributed by atoms with van der Waals surface area (Å²) in [6, 6.07) is 0. The van der Waals surface area contributed by atoms with Crippen molar-refractivity contribution in [3.63, 3.8) is 0 Å². The minimum Gasteiger partial charge on any atom is -0.295 e. The van der Waals surface area contributed by atoms with E-state index in [2.05, 4.69) is 46.9 Å². The molecule has 0 saturated carbocycles. The van der Waals surface area contributed by atoms with Crippen LogP contribution in [0.2, 0.25) is 0 Å². The molecule has 0 aliphatic carbocycles. The van der Waals surface area contributed by atoms with E-state index in [-0.39, 0.29) is 5.78 Å². The normalized spacial score (nSPS) is 16.9. The minimum absolute atomic E-state index is 0.114. The molecule has 0 amide bonds. The fraction of sp³-hybridized carbons (Fsp3) is 0.538. The Morgan fingerprint density at radius 1 is 1.24 bits per heavy atom. The Morgan fingerprint density at radius 2 is 1.97 bits per heavy atom. The molecule has 160 valence electrons. The number of ketones is 1. The zero-order valence-corrected chi connectivity index (χ0v) is 19.6. The Labute approximate surface area is 183 Å². The molecule has 0 bridgehead atoms. The molecule has 0 aromatic heterocycles. The molecule has 1 aliphatic rings. The molecule has 0 radical (unpaired) electrons. The van der Waals surface area contributed by atoms with E-state index in [4.69, 9.17) is 16.6 Å². The summed E-state index contributed by atoms with van der Waals surface area (Å²) in [6.07, 6.45) is 13.8. The van der Waals surface area contributed by atoms with Crippen molar-refractivity contribution >= 4 is 23.1 Å². The minimum atomic E-state index is 0.114. The van der Waals surface area contributed by atoms with E-state index in [0.29, 0.717) is 12.3 Å². The third-order valence-corrected chi connectivity index (χ3v) is 6.06. The summed E-state index contributed by atoms with van der Waals surface area (Å²) < 4.78 is 0. The molecule has 29 heavy (non-hydrogen) atoms. The molecule has 2 nitrogen and oxygen atoms in total. The molecule has 1 heterocycles. The van der Waals surface area contributed by atoms with Crippen LogP contribution in [0.5, 0.6) is 0 Å². The maximum Gasteiger partial charge on any atom is 0.155 e. The molecular weight excluding hydrogens is 378 g/mol. The highest BCUT2D eigenvalue weighted by molar-refractivity contribution is 6.31.